The van der Waals surface area contributed by atoms with Crippen LogP contribution >= 0.6 is 0 Å². The second-order valence-electron chi connectivity index (χ2n) is 6.72. The lowest BCUT2D eigenvalue weighted by Gasteiger charge is -2.10. The smallest absolute Gasteiger partial charge is 0.402 e. The quantitative estimate of drug-likeness (QED) is 0.687. The Hall–Kier alpha value is -3.61. The van der Waals surface area contributed by atoms with Crippen LogP contribution in [0, 0.1) is 6.92 Å². The molecular weight excluding hydrogens is 376 g/mol. The van der Waals surface area contributed by atoms with Gasteiger partial charge in [-0.05, 0) is 36.2 Å². The maximum absolute atomic E-state index is 13.5. The highest BCUT2D eigenvalue weighted by atomic mass is 19.3. The molecule has 0 atom stereocenters. The molecule has 1 aromatic heterocycles. The van der Waals surface area contributed by atoms with Crippen LogP contribution in [0.3, 0.4) is 0 Å². The molecule has 7 heteroatoms. The molecule has 1 amide bonds. The molecule has 4 rings (SSSR count). The maximum Gasteiger partial charge on any atom is 0.402 e. The molecule has 0 radical (unpaired) electrons. The van der Waals surface area contributed by atoms with E-state index >= 15 is 0 Å². The van der Waals surface area contributed by atoms with Crippen LogP contribution in [-0.2, 0) is 6.42 Å². The van der Waals surface area contributed by atoms with Gasteiger partial charge in [0.2, 0.25) is 0 Å². The third-order valence-corrected chi connectivity index (χ3v) is 4.66. The van der Waals surface area contributed by atoms with Crippen molar-refractivity contribution in [3.63, 3.8) is 0 Å². The zero-order valence-corrected chi connectivity index (χ0v) is 15.6. The van der Waals surface area contributed by atoms with Gasteiger partial charge in [0.15, 0.2) is 5.82 Å². The molecule has 0 aliphatic carbocycles. The average molecular weight is 393 g/mol. The Morgan fingerprint density at radius 3 is 2.76 bits per heavy atom. The molecule has 3 aromatic rings. The van der Waals surface area contributed by atoms with E-state index < -0.39 is 12.5 Å². The van der Waals surface area contributed by atoms with Crippen LogP contribution in [0.4, 0.5) is 14.6 Å². The van der Waals surface area contributed by atoms with Gasteiger partial charge in [0.05, 0.1) is 24.5 Å². The number of hydrogen-bond acceptors (Lipinski definition) is 4. The van der Waals surface area contributed by atoms with E-state index in [9.17, 15) is 13.6 Å². The van der Waals surface area contributed by atoms with Crippen LogP contribution < -0.4 is 10.1 Å². The minimum Gasteiger partial charge on any atom is -0.432 e. The number of amides is 1. The molecule has 146 valence electrons. The lowest BCUT2D eigenvalue weighted by Crippen LogP contribution is -2.20. The summed E-state index contributed by atoms with van der Waals surface area (Å²) < 4.78 is 31.6. The topological polar surface area (TPSA) is 64.1 Å². The third kappa shape index (κ3) is 3.71. The molecule has 0 saturated heterocycles. The van der Waals surface area contributed by atoms with E-state index in [-0.39, 0.29) is 17.5 Å². The second-order valence-corrected chi connectivity index (χ2v) is 6.72. The third-order valence-electron chi connectivity index (χ3n) is 4.66. The number of alkyl halides is 2. The largest absolute Gasteiger partial charge is 0.432 e. The van der Waals surface area contributed by atoms with Gasteiger partial charge in [-0.2, -0.15) is 8.78 Å². The average Bonchev–Trinajstić information content (AvgIpc) is 3.00. The van der Waals surface area contributed by atoms with Gasteiger partial charge < -0.3 is 10.1 Å². The summed E-state index contributed by atoms with van der Waals surface area (Å²) in [5, 5.41) is 2.70. The highest BCUT2D eigenvalue weighted by Crippen LogP contribution is 2.40. The lowest BCUT2D eigenvalue weighted by molar-refractivity contribution is -0.159. The highest BCUT2D eigenvalue weighted by molar-refractivity contribution is 6.06. The van der Waals surface area contributed by atoms with Crippen LogP contribution in [0.5, 0.6) is 5.75 Å². The van der Waals surface area contributed by atoms with Gasteiger partial charge in [0.1, 0.15) is 5.75 Å². The number of hydrogen-bond donors (Lipinski definition) is 1. The SMILES string of the molecule is C=Cc1ccccc1C(=O)Nc1cnc(-c2cc3c(cc2C)OC(F)(F)C3)cn1. The summed E-state index contributed by atoms with van der Waals surface area (Å²) in [5.41, 5.74) is 3.56. The van der Waals surface area contributed by atoms with Gasteiger partial charge in [-0.1, -0.05) is 30.9 Å². The molecule has 0 spiro atoms. The number of nitrogens with zero attached hydrogens (tertiary/aromatic N) is 2. The van der Waals surface area contributed by atoms with Crippen molar-refractivity contribution in [1.82, 2.24) is 9.97 Å². The monoisotopic (exact) mass is 393 g/mol. The van der Waals surface area contributed by atoms with E-state index in [0.29, 0.717) is 27.9 Å². The molecule has 29 heavy (non-hydrogen) atoms. The summed E-state index contributed by atoms with van der Waals surface area (Å²) in [6.45, 7) is 5.49. The van der Waals surface area contributed by atoms with Crippen molar-refractivity contribution in [1.29, 1.82) is 0 Å². The number of aromatic nitrogens is 2. The number of halogens is 2. The van der Waals surface area contributed by atoms with Crippen molar-refractivity contribution >= 4 is 17.8 Å². The summed E-state index contributed by atoms with van der Waals surface area (Å²) >= 11 is 0. The fraction of sp³-hybridized carbons (Fsp3) is 0.136. The van der Waals surface area contributed by atoms with Gasteiger partial charge in [-0.25, -0.2) is 4.98 Å². The van der Waals surface area contributed by atoms with Gasteiger partial charge in [0.25, 0.3) is 5.91 Å². The zero-order chi connectivity index (χ0) is 20.6. The van der Waals surface area contributed by atoms with Gasteiger partial charge in [-0.3, -0.25) is 9.78 Å². The predicted octanol–water partition coefficient (Wildman–Crippen LogP) is 4.88. The Morgan fingerprint density at radius 1 is 1.24 bits per heavy atom. The van der Waals surface area contributed by atoms with Crippen LogP contribution in [0.2, 0.25) is 0 Å². The van der Waals surface area contributed by atoms with Crippen LogP contribution in [-0.4, -0.2) is 22.0 Å². The summed E-state index contributed by atoms with van der Waals surface area (Å²) in [6, 6.07) is 10.3. The standard InChI is InChI=1S/C22H17F2N3O2/c1-3-14-6-4-5-7-16(14)21(28)27-20-12-25-18(11-26-20)17-9-15-10-22(23,24)29-19(15)8-13(17)2/h3-9,11-12H,1,10H2,2H3,(H,26,27,28). The molecule has 5 nitrogen and oxygen atoms in total. The van der Waals surface area contributed by atoms with E-state index in [1.165, 1.54) is 12.4 Å². The number of rotatable bonds is 4. The molecular formula is C22H17F2N3O2. The van der Waals surface area contributed by atoms with Crippen molar-refractivity contribution in [3.8, 4) is 17.0 Å². The van der Waals surface area contributed by atoms with E-state index in [2.05, 4.69) is 26.6 Å². The van der Waals surface area contributed by atoms with Gasteiger partial charge in [-0.15, -0.1) is 0 Å². The summed E-state index contributed by atoms with van der Waals surface area (Å²) in [6.07, 6.45) is 0.877. The summed E-state index contributed by atoms with van der Waals surface area (Å²) in [7, 11) is 0. The van der Waals surface area contributed by atoms with Crippen LogP contribution in [0.15, 0.2) is 55.4 Å². The van der Waals surface area contributed by atoms with Gasteiger partial charge >= 0.3 is 6.11 Å². The van der Waals surface area contributed by atoms with E-state index in [1.807, 2.05) is 6.07 Å². The summed E-state index contributed by atoms with van der Waals surface area (Å²) in [5.74, 6) is 0.149. The second kappa shape index (κ2) is 7.09. The molecule has 1 aliphatic heterocycles. The van der Waals surface area contributed by atoms with E-state index in [4.69, 9.17) is 0 Å². The fourth-order valence-electron chi connectivity index (χ4n) is 3.25. The first kappa shape index (κ1) is 18.7. The Kier molecular flexibility index (Phi) is 4.58. The molecule has 2 aromatic carbocycles. The number of aryl methyl sites for hydroxylation is 1. The van der Waals surface area contributed by atoms with Crippen LogP contribution in [0.1, 0.15) is 27.0 Å². The molecule has 1 N–H and O–H groups in total. The molecule has 0 saturated carbocycles. The normalized spacial score (nSPS) is 14.0. The Labute approximate surface area is 166 Å². The van der Waals surface area contributed by atoms with Crippen molar-refractivity contribution < 1.29 is 18.3 Å². The molecule has 0 fully saturated rings. The lowest BCUT2D eigenvalue weighted by atomic mass is 10.0. The minimum absolute atomic E-state index is 0.189. The molecule has 0 unspecified atom stereocenters. The number of anilines is 1. The molecule has 2 heterocycles. The minimum atomic E-state index is -3.19. The predicted molar refractivity (Wildman–Crippen MR) is 106 cm³/mol. The number of carbonyl (C=O) groups is 1. The first-order valence-electron chi connectivity index (χ1n) is 8.92. The van der Waals surface area contributed by atoms with E-state index in [1.54, 1.807) is 43.3 Å². The number of fused-ring (bicyclic) bond motifs is 1. The fourth-order valence-corrected chi connectivity index (χ4v) is 3.25. The first-order valence-corrected chi connectivity index (χ1v) is 8.92. The van der Waals surface area contributed by atoms with Crippen molar-refractivity contribution in [3.05, 3.63) is 77.6 Å². The Bertz CT molecular complexity index is 1110. The number of ether oxygens (including phenoxy) is 1. The first-order chi connectivity index (χ1) is 13.9. The van der Waals surface area contributed by atoms with Gasteiger partial charge in [0, 0.05) is 16.7 Å². The van der Waals surface area contributed by atoms with E-state index in [0.717, 1.165) is 5.56 Å². The summed E-state index contributed by atoms with van der Waals surface area (Å²) in [4.78, 5) is 21.1. The van der Waals surface area contributed by atoms with Crippen molar-refractivity contribution in [2.24, 2.45) is 0 Å². The number of carbonyl (C=O) groups excluding carboxylic acids is 1. The Morgan fingerprint density at radius 2 is 2.03 bits per heavy atom. The Balaban J connectivity index is 1.56. The van der Waals surface area contributed by atoms with Crippen molar-refractivity contribution in [2.45, 2.75) is 19.5 Å². The highest BCUT2D eigenvalue weighted by Gasteiger charge is 2.40. The molecule has 0 bridgehead atoms. The zero-order valence-electron chi connectivity index (χ0n) is 15.6. The van der Waals surface area contributed by atoms with Crippen LogP contribution in [0.25, 0.3) is 17.3 Å². The maximum atomic E-state index is 13.5. The molecule has 1 aliphatic rings. The number of nitrogens with one attached hydrogen (secondary N) is 1. The van der Waals surface area contributed by atoms with Crippen molar-refractivity contribution in [2.75, 3.05) is 5.32 Å². The number of benzene rings is 2.